The van der Waals surface area contributed by atoms with Gasteiger partial charge >= 0.3 is 0 Å². The molecular formula is C17H31N3S. The standard InChI is InChI=1S/C17H31N3S/c1-13-14(2)21-16(19-13)12-15(18-5)17(3,4)20-10-8-6-7-9-11-20/h15,18H,6-12H2,1-5H3. The smallest absolute Gasteiger partial charge is 0.0947 e. The molecule has 0 amide bonds. The van der Waals surface area contributed by atoms with E-state index in [9.17, 15) is 0 Å². The molecular weight excluding hydrogens is 278 g/mol. The lowest BCUT2D eigenvalue weighted by atomic mass is 9.89. The maximum Gasteiger partial charge on any atom is 0.0947 e. The zero-order chi connectivity index (χ0) is 15.5. The molecule has 3 nitrogen and oxygen atoms in total. The molecule has 2 heterocycles. The second-order valence-corrected chi connectivity index (χ2v) is 8.14. The van der Waals surface area contributed by atoms with Crippen LogP contribution in [-0.2, 0) is 6.42 Å². The number of likely N-dealkylation sites (N-methyl/N-ethyl adjacent to an activating group) is 1. The lowest BCUT2D eigenvalue weighted by Gasteiger charge is -2.43. The number of hydrogen-bond acceptors (Lipinski definition) is 4. The molecule has 0 aromatic carbocycles. The summed E-state index contributed by atoms with van der Waals surface area (Å²) in [6, 6.07) is 0.445. The van der Waals surface area contributed by atoms with Gasteiger partial charge in [-0.1, -0.05) is 12.8 Å². The molecule has 1 fully saturated rings. The Labute approximate surface area is 134 Å². The first-order valence-corrected chi connectivity index (χ1v) is 9.12. The van der Waals surface area contributed by atoms with Crippen LogP contribution in [0.3, 0.4) is 0 Å². The van der Waals surface area contributed by atoms with Gasteiger partial charge < -0.3 is 5.32 Å². The minimum Gasteiger partial charge on any atom is -0.315 e. The number of nitrogens with one attached hydrogen (secondary N) is 1. The van der Waals surface area contributed by atoms with Gasteiger partial charge in [0.05, 0.1) is 10.7 Å². The van der Waals surface area contributed by atoms with Crippen LogP contribution < -0.4 is 5.32 Å². The maximum atomic E-state index is 4.74. The van der Waals surface area contributed by atoms with E-state index in [1.807, 2.05) is 11.3 Å². The molecule has 0 aliphatic carbocycles. The summed E-state index contributed by atoms with van der Waals surface area (Å²) in [5, 5.41) is 4.83. The second-order valence-electron chi connectivity index (χ2n) is 6.85. The number of hydrogen-bond donors (Lipinski definition) is 1. The number of nitrogens with zero attached hydrogens (tertiary/aromatic N) is 2. The summed E-state index contributed by atoms with van der Waals surface area (Å²) in [5.41, 5.74) is 1.37. The van der Waals surface area contributed by atoms with Crippen LogP contribution in [-0.4, -0.2) is 41.6 Å². The summed E-state index contributed by atoms with van der Waals surface area (Å²) in [6.07, 6.45) is 6.49. The van der Waals surface area contributed by atoms with E-state index < -0.39 is 0 Å². The topological polar surface area (TPSA) is 28.2 Å². The lowest BCUT2D eigenvalue weighted by Crippen LogP contribution is -2.58. The average molecular weight is 310 g/mol. The van der Waals surface area contributed by atoms with Gasteiger partial charge in [0.2, 0.25) is 0 Å². The molecule has 4 heteroatoms. The molecule has 0 bridgehead atoms. The molecule has 1 N–H and O–H groups in total. The van der Waals surface area contributed by atoms with Gasteiger partial charge in [-0.05, 0) is 60.7 Å². The van der Waals surface area contributed by atoms with E-state index in [4.69, 9.17) is 4.98 Å². The third-order valence-corrected chi connectivity index (χ3v) is 6.17. The van der Waals surface area contributed by atoms with Gasteiger partial charge in [-0.3, -0.25) is 4.90 Å². The SMILES string of the molecule is CNC(Cc1nc(C)c(C)s1)C(C)(C)N1CCCCCC1. The number of likely N-dealkylation sites (tertiary alicyclic amines) is 1. The van der Waals surface area contributed by atoms with E-state index >= 15 is 0 Å². The van der Waals surface area contributed by atoms with Gasteiger partial charge in [-0.15, -0.1) is 11.3 Å². The molecule has 1 saturated heterocycles. The number of aromatic nitrogens is 1. The molecule has 2 rings (SSSR count). The van der Waals surface area contributed by atoms with Crippen molar-refractivity contribution in [3.05, 3.63) is 15.6 Å². The highest BCUT2D eigenvalue weighted by atomic mass is 32.1. The van der Waals surface area contributed by atoms with E-state index in [0.717, 1.165) is 6.42 Å². The average Bonchev–Trinajstić information content (AvgIpc) is 2.67. The maximum absolute atomic E-state index is 4.74. The molecule has 1 atom stereocenters. The first-order valence-electron chi connectivity index (χ1n) is 8.30. The Morgan fingerprint density at radius 3 is 2.29 bits per heavy atom. The Morgan fingerprint density at radius 1 is 1.19 bits per heavy atom. The van der Waals surface area contributed by atoms with Crippen LogP contribution >= 0.6 is 11.3 Å². The van der Waals surface area contributed by atoms with E-state index in [2.05, 4.69) is 45.0 Å². The Kier molecular flexibility index (Phi) is 5.81. The van der Waals surface area contributed by atoms with Crippen molar-refractivity contribution >= 4 is 11.3 Å². The van der Waals surface area contributed by atoms with Crippen LogP contribution in [0.1, 0.15) is 55.1 Å². The molecule has 1 aromatic heterocycles. The fraction of sp³-hybridized carbons (Fsp3) is 0.824. The van der Waals surface area contributed by atoms with Crippen LogP contribution in [0.15, 0.2) is 0 Å². The summed E-state index contributed by atoms with van der Waals surface area (Å²) in [4.78, 5) is 8.78. The van der Waals surface area contributed by atoms with Crippen molar-refractivity contribution in [3.8, 4) is 0 Å². The minimum atomic E-state index is 0.173. The van der Waals surface area contributed by atoms with Crippen molar-refractivity contribution in [2.75, 3.05) is 20.1 Å². The summed E-state index contributed by atoms with van der Waals surface area (Å²) >= 11 is 1.86. The Morgan fingerprint density at radius 2 is 1.81 bits per heavy atom. The van der Waals surface area contributed by atoms with Crippen LogP contribution in [0.2, 0.25) is 0 Å². The van der Waals surface area contributed by atoms with Gasteiger partial charge in [-0.25, -0.2) is 4.98 Å². The molecule has 21 heavy (non-hydrogen) atoms. The van der Waals surface area contributed by atoms with Crippen molar-refractivity contribution in [1.82, 2.24) is 15.2 Å². The van der Waals surface area contributed by atoms with E-state index in [1.54, 1.807) is 0 Å². The summed E-state index contributed by atoms with van der Waals surface area (Å²) in [6.45, 7) is 11.6. The van der Waals surface area contributed by atoms with Gasteiger partial charge in [-0.2, -0.15) is 0 Å². The van der Waals surface area contributed by atoms with Crippen molar-refractivity contribution in [3.63, 3.8) is 0 Å². The molecule has 1 aliphatic rings. The number of thiazole rings is 1. The summed E-state index contributed by atoms with van der Waals surface area (Å²) in [5.74, 6) is 0. The van der Waals surface area contributed by atoms with Crippen molar-refractivity contribution in [2.24, 2.45) is 0 Å². The van der Waals surface area contributed by atoms with Crippen molar-refractivity contribution in [1.29, 1.82) is 0 Å². The van der Waals surface area contributed by atoms with Crippen molar-refractivity contribution in [2.45, 2.75) is 71.4 Å². The highest BCUT2D eigenvalue weighted by molar-refractivity contribution is 7.11. The van der Waals surface area contributed by atoms with Crippen LogP contribution in [0.4, 0.5) is 0 Å². The van der Waals surface area contributed by atoms with Crippen LogP contribution in [0.25, 0.3) is 0 Å². The van der Waals surface area contributed by atoms with Gasteiger partial charge in [0.1, 0.15) is 0 Å². The first kappa shape index (κ1) is 16.9. The van der Waals surface area contributed by atoms with Crippen LogP contribution in [0, 0.1) is 13.8 Å². The first-order chi connectivity index (χ1) is 9.95. The zero-order valence-corrected chi connectivity index (χ0v) is 15.1. The third kappa shape index (κ3) is 4.05. The molecule has 0 radical (unpaired) electrons. The van der Waals surface area contributed by atoms with Gasteiger partial charge in [0.25, 0.3) is 0 Å². The second kappa shape index (κ2) is 7.21. The molecule has 0 saturated carbocycles. The fourth-order valence-electron chi connectivity index (χ4n) is 3.37. The monoisotopic (exact) mass is 309 g/mol. The quantitative estimate of drug-likeness (QED) is 0.901. The van der Waals surface area contributed by atoms with E-state index in [-0.39, 0.29) is 5.54 Å². The summed E-state index contributed by atoms with van der Waals surface area (Å²) < 4.78 is 0. The number of rotatable bonds is 5. The Balaban J connectivity index is 2.10. The Hall–Kier alpha value is -0.450. The third-order valence-electron chi connectivity index (χ3n) is 5.07. The zero-order valence-electron chi connectivity index (χ0n) is 14.3. The minimum absolute atomic E-state index is 0.173. The van der Waals surface area contributed by atoms with E-state index in [1.165, 1.54) is 54.4 Å². The molecule has 0 spiro atoms. The Bertz CT molecular complexity index is 425. The largest absolute Gasteiger partial charge is 0.315 e. The molecule has 1 aromatic rings. The molecule has 120 valence electrons. The highest BCUT2D eigenvalue weighted by Gasteiger charge is 2.35. The highest BCUT2D eigenvalue weighted by Crippen LogP contribution is 2.27. The van der Waals surface area contributed by atoms with E-state index in [0.29, 0.717) is 6.04 Å². The predicted molar refractivity (Wildman–Crippen MR) is 92.3 cm³/mol. The fourth-order valence-corrected chi connectivity index (χ4v) is 4.35. The normalized spacial score (nSPS) is 19.5. The van der Waals surface area contributed by atoms with Gasteiger partial charge in [0, 0.05) is 22.9 Å². The van der Waals surface area contributed by atoms with Gasteiger partial charge in [0.15, 0.2) is 0 Å². The lowest BCUT2D eigenvalue weighted by molar-refractivity contribution is 0.0864. The van der Waals surface area contributed by atoms with Crippen molar-refractivity contribution < 1.29 is 0 Å². The number of aryl methyl sites for hydroxylation is 2. The predicted octanol–water partition coefficient (Wildman–Crippen LogP) is 3.55. The van der Waals surface area contributed by atoms with Crippen LogP contribution in [0.5, 0.6) is 0 Å². The molecule has 1 aliphatic heterocycles. The molecule has 1 unspecified atom stereocenters. The summed E-state index contributed by atoms with van der Waals surface area (Å²) in [7, 11) is 2.09.